The maximum Gasteiger partial charge on any atom is 0.211 e. The Kier molecular flexibility index (Phi) is 16.1. The van der Waals surface area contributed by atoms with Crippen LogP contribution in [0.2, 0.25) is 5.02 Å². The molecule has 41 heavy (non-hydrogen) atoms. The maximum atomic E-state index is 11.4. The number of benzene rings is 3. The third-order valence-corrected chi connectivity index (χ3v) is 6.58. The van der Waals surface area contributed by atoms with Crippen LogP contribution >= 0.6 is 11.6 Å². The molecule has 0 spiro atoms. The van der Waals surface area contributed by atoms with Gasteiger partial charge in [-0.05, 0) is 49.2 Å². The molecule has 8 heteroatoms. The smallest absolute Gasteiger partial charge is 0.211 e. The Morgan fingerprint density at radius 3 is 2.07 bits per heavy atom. The third kappa shape index (κ3) is 14.1. The number of halogens is 1. The van der Waals surface area contributed by atoms with Crippen LogP contribution in [0, 0.1) is 0 Å². The van der Waals surface area contributed by atoms with Crippen LogP contribution in [0.25, 0.3) is 0 Å². The van der Waals surface area contributed by atoms with E-state index in [-0.39, 0.29) is 12.7 Å². The number of rotatable bonds is 17. The van der Waals surface area contributed by atoms with Crippen LogP contribution in [0.5, 0.6) is 0 Å². The second kappa shape index (κ2) is 19.6. The van der Waals surface area contributed by atoms with E-state index in [1.807, 2.05) is 74.6 Å². The average molecular weight is 578 g/mol. The van der Waals surface area contributed by atoms with Gasteiger partial charge in [-0.3, -0.25) is 10.1 Å². The van der Waals surface area contributed by atoms with E-state index >= 15 is 0 Å². The van der Waals surface area contributed by atoms with Crippen molar-refractivity contribution >= 4 is 24.3 Å². The van der Waals surface area contributed by atoms with Gasteiger partial charge in [-0.1, -0.05) is 97.9 Å². The fourth-order valence-corrected chi connectivity index (χ4v) is 4.24. The van der Waals surface area contributed by atoms with E-state index in [0.717, 1.165) is 55.0 Å². The standard InChI is InChI=1S/C21H26ClN3O2.C12H18N2/c1-24(12-11-18-7-9-20(22)10-8-18)16-21(25(17-27)13-14-26)23-15-19-5-3-2-4-6-19;1-4-14(13-11(2)3)10-12-8-6-5-7-9-12/h2-10,14,17,21,23H,11-13,15-16H2,1H3;5-9,13H,2,4,10H2,1,3H3. The minimum Gasteiger partial charge on any atom is -0.324 e. The zero-order chi connectivity index (χ0) is 29.9. The predicted molar refractivity (Wildman–Crippen MR) is 169 cm³/mol. The molecule has 1 amide bonds. The molecule has 0 saturated carbocycles. The van der Waals surface area contributed by atoms with Crippen molar-refractivity contribution in [1.29, 1.82) is 0 Å². The second-order valence-electron chi connectivity index (χ2n) is 9.88. The summed E-state index contributed by atoms with van der Waals surface area (Å²) in [5, 5.41) is 6.25. The van der Waals surface area contributed by atoms with Gasteiger partial charge in [0.1, 0.15) is 6.29 Å². The van der Waals surface area contributed by atoms with Crippen LogP contribution in [0.15, 0.2) is 97.2 Å². The number of aldehydes is 1. The number of hydrogen-bond donors (Lipinski definition) is 2. The van der Waals surface area contributed by atoms with E-state index in [1.165, 1.54) is 16.0 Å². The van der Waals surface area contributed by atoms with Crippen LogP contribution < -0.4 is 10.7 Å². The first-order valence-electron chi connectivity index (χ1n) is 13.9. The Labute approximate surface area is 250 Å². The highest BCUT2D eigenvalue weighted by molar-refractivity contribution is 6.30. The zero-order valence-electron chi connectivity index (χ0n) is 24.5. The van der Waals surface area contributed by atoms with E-state index in [4.69, 9.17) is 11.6 Å². The van der Waals surface area contributed by atoms with Gasteiger partial charge in [0.15, 0.2) is 0 Å². The fraction of sp³-hybridized carbons (Fsp3) is 0.333. The van der Waals surface area contributed by atoms with Gasteiger partial charge in [-0.25, -0.2) is 5.01 Å². The first-order chi connectivity index (χ1) is 19.8. The molecule has 0 radical (unpaired) electrons. The summed E-state index contributed by atoms with van der Waals surface area (Å²) in [6.07, 6.45) is 2.11. The summed E-state index contributed by atoms with van der Waals surface area (Å²) in [6, 6.07) is 28.2. The van der Waals surface area contributed by atoms with Crippen LogP contribution in [0.1, 0.15) is 30.5 Å². The topological polar surface area (TPSA) is 67.9 Å². The number of allylic oxidation sites excluding steroid dienone is 1. The fourth-order valence-electron chi connectivity index (χ4n) is 4.11. The molecular formula is C33H44ClN5O2. The SMILES string of the molecule is C=C(C)NN(CC)Cc1ccccc1.CN(CCc1ccc(Cl)cc1)CC(NCc1ccccc1)N(C=O)CC=O. The molecule has 0 saturated heterocycles. The first-order valence-corrected chi connectivity index (χ1v) is 14.3. The summed E-state index contributed by atoms with van der Waals surface area (Å²) in [6.45, 7) is 11.9. The molecule has 0 aliphatic rings. The summed E-state index contributed by atoms with van der Waals surface area (Å²) in [7, 11) is 2.01. The quantitative estimate of drug-likeness (QED) is 0.132. The summed E-state index contributed by atoms with van der Waals surface area (Å²) in [4.78, 5) is 26.0. The highest BCUT2D eigenvalue weighted by Crippen LogP contribution is 2.10. The van der Waals surface area contributed by atoms with Crippen molar-refractivity contribution in [3.05, 3.63) is 119 Å². The summed E-state index contributed by atoms with van der Waals surface area (Å²) in [5.41, 5.74) is 7.84. The minimum absolute atomic E-state index is 0.0704. The van der Waals surface area contributed by atoms with Crippen molar-refractivity contribution < 1.29 is 9.59 Å². The van der Waals surface area contributed by atoms with Gasteiger partial charge in [-0.2, -0.15) is 0 Å². The summed E-state index contributed by atoms with van der Waals surface area (Å²) in [5.74, 6) is 0. The van der Waals surface area contributed by atoms with Gasteiger partial charge >= 0.3 is 0 Å². The number of amides is 1. The molecule has 0 aromatic heterocycles. The van der Waals surface area contributed by atoms with Crippen LogP contribution in [0.3, 0.4) is 0 Å². The molecule has 3 aromatic rings. The Morgan fingerprint density at radius 2 is 1.54 bits per heavy atom. The summed E-state index contributed by atoms with van der Waals surface area (Å²) < 4.78 is 0. The van der Waals surface area contributed by atoms with Crippen molar-refractivity contribution in [2.75, 3.05) is 33.2 Å². The highest BCUT2D eigenvalue weighted by atomic mass is 35.5. The van der Waals surface area contributed by atoms with Crippen molar-refractivity contribution in [3.8, 4) is 0 Å². The average Bonchev–Trinajstić information content (AvgIpc) is 2.98. The number of hydrazine groups is 1. The van der Waals surface area contributed by atoms with Crippen LogP contribution in [0.4, 0.5) is 0 Å². The molecule has 1 atom stereocenters. The monoisotopic (exact) mass is 577 g/mol. The van der Waals surface area contributed by atoms with E-state index < -0.39 is 0 Å². The minimum atomic E-state index is -0.247. The van der Waals surface area contributed by atoms with Crippen molar-refractivity contribution in [1.82, 2.24) is 25.6 Å². The van der Waals surface area contributed by atoms with E-state index in [9.17, 15) is 9.59 Å². The maximum absolute atomic E-state index is 11.4. The van der Waals surface area contributed by atoms with Gasteiger partial charge in [-0.15, -0.1) is 0 Å². The van der Waals surface area contributed by atoms with E-state index in [0.29, 0.717) is 13.1 Å². The number of hydrogen-bond acceptors (Lipinski definition) is 6. The van der Waals surface area contributed by atoms with E-state index in [1.54, 1.807) is 0 Å². The Hall–Kier alpha value is -3.49. The lowest BCUT2D eigenvalue weighted by Crippen LogP contribution is -2.51. The Balaban J connectivity index is 0.000000353. The molecule has 3 aromatic carbocycles. The lowest BCUT2D eigenvalue weighted by Gasteiger charge is -2.31. The zero-order valence-corrected chi connectivity index (χ0v) is 25.3. The Bertz CT molecular complexity index is 1150. The first kappa shape index (κ1) is 33.7. The third-order valence-electron chi connectivity index (χ3n) is 6.33. The van der Waals surface area contributed by atoms with Gasteiger partial charge in [0, 0.05) is 43.4 Å². The number of likely N-dealkylation sites (N-methyl/N-ethyl adjacent to an activating group) is 1. The highest BCUT2D eigenvalue weighted by Gasteiger charge is 2.18. The van der Waals surface area contributed by atoms with Crippen LogP contribution in [-0.4, -0.2) is 66.9 Å². The molecule has 3 rings (SSSR count). The van der Waals surface area contributed by atoms with Crippen molar-refractivity contribution in [2.45, 2.75) is 39.5 Å². The molecule has 0 bridgehead atoms. The van der Waals surface area contributed by atoms with Crippen molar-refractivity contribution in [3.63, 3.8) is 0 Å². The number of carbonyl (C=O) groups excluding carboxylic acids is 2. The molecule has 0 aliphatic heterocycles. The van der Waals surface area contributed by atoms with Gasteiger partial charge in [0.2, 0.25) is 6.41 Å². The molecular weight excluding hydrogens is 534 g/mol. The molecule has 2 N–H and O–H groups in total. The summed E-state index contributed by atoms with van der Waals surface area (Å²) >= 11 is 5.92. The van der Waals surface area contributed by atoms with Crippen LogP contribution in [-0.2, 0) is 29.1 Å². The number of nitrogens with zero attached hydrogens (tertiary/aromatic N) is 3. The molecule has 1 unspecified atom stereocenters. The largest absolute Gasteiger partial charge is 0.324 e. The van der Waals surface area contributed by atoms with Gasteiger partial charge in [0.05, 0.1) is 12.7 Å². The van der Waals surface area contributed by atoms with Gasteiger partial charge < -0.3 is 20.0 Å². The molecule has 0 fully saturated rings. The molecule has 7 nitrogen and oxygen atoms in total. The predicted octanol–water partition coefficient (Wildman–Crippen LogP) is 5.13. The molecule has 220 valence electrons. The second-order valence-corrected chi connectivity index (χ2v) is 10.3. The number of carbonyl (C=O) groups is 2. The van der Waals surface area contributed by atoms with Crippen molar-refractivity contribution in [2.24, 2.45) is 0 Å². The molecule has 0 aliphatic carbocycles. The molecule has 0 heterocycles. The van der Waals surface area contributed by atoms with Gasteiger partial charge in [0.25, 0.3) is 0 Å². The Morgan fingerprint density at radius 1 is 0.927 bits per heavy atom. The normalized spacial score (nSPS) is 11.4. The lowest BCUT2D eigenvalue weighted by molar-refractivity contribution is -0.124. The lowest BCUT2D eigenvalue weighted by atomic mass is 10.1. The number of nitrogens with one attached hydrogen (secondary N) is 2. The van der Waals surface area contributed by atoms with E-state index in [2.05, 4.69) is 58.4 Å².